The van der Waals surface area contributed by atoms with Gasteiger partial charge in [-0.25, -0.2) is 14.5 Å². The molecule has 2 saturated heterocycles. The van der Waals surface area contributed by atoms with E-state index in [1.54, 1.807) is 29.1 Å². The molecule has 0 saturated carbocycles. The van der Waals surface area contributed by atoms with Crippen molar-refractivity contribution in [3.05, 3.63) is 59.5 Å². The van der Waals surface area contributed by atoms with Gasteiger partial charge in [-0.05, 0) is 12.1 Å². The van der Waals surface area contributed by atoms with E-state index < -0.39 is 56.4 Å². The summed E-state index contributed by atoms with van der Waals surface area (Å²) in [5.41, 5.74) is 6.82. The summed E-state index contributed by atoms with van der Waals surface area (Å²) in [6, 6.07) is 4.75. The third-order valence-electron chi connectivity index (χ3n) is 7.05. The van der Waals surface area contributed by atoms with E-state index in [4.69, 9.17) is 24.3 Å². The topological polar surface area (TPSA) is 198 Å². The molecule has 2 aliphatic heterocycles. The molecular weight excluding hydrogens is 567 g/mol. The fourth-order valence-electron chi connectivity index (χ4n) is 5.05. The number of fused-ring (bicyclic) bond motifs is 2. The van der Waals surface area contributed by atoms with Crippen molar-refractivity contribution < 1.29 is 38.4 Å². The largest absolute Gasteiger partial charge is 0.398 e. The number of aliphatic hydroxyl groups excluding tert-OH is 3. The minimum atomic E-state index is -4.19. The van der Waals surface area contributed by atoms with E-state index in [0.717, 1.165) is 5.39 Å². The zero-order valence-electron chi connectivity index (χ0n) is 20.8. The molecule has 15 nitrogen and oxygen atoms in total. The van der Waals surface area contributed by atoms with Gasteiger partial charge in [0.25, 0.3) is 5.56 Å². The average molecular weight is 595 g/mol. The summed E-state index contributed by atoms with van der Waals surface area (Å²) in [5, 5.41) is 31.9. The SMILES string of the molecule is Nc1ccnc2c1ccn2[C@H]1C[C@H](O)[C@@H](COP(=O)(S)O[C@@H]2[C@H](O)[C@@H](CO)O[C@H]2n2ccc(=O)n3ccnc23)O1. The lowest BCUT2D eigenvalue weighted by Gasteiger charge is -2.26. The number of imidazole rings is 1. The van der Waals surface area contributed by atoms with Crippen LogP contribution < -0.4 is 11.3 Å². The first-order valence-corrected chi connectivity index (χ1v) is 15.1. The van der Waals surface area contributed by atoms with Gasteiger partial charge >= 0.3 is 6.80 Å². The van der Waals surface area contributed by atoms with Crippen LogP contribution in [0.3, 0.4) is 0 Å². The normalized spacial score (nSPS) is 30.4. The molecule has 5 N–H and O–H groups in total. The zero-order chi connectivity index (χ0) is 28.2. The molecule has 0 bridgehead atoms. The van der Waals surface area contributed by atoms with Gasteiger partial charge in [-0.1, -0.05) is 12.2 Å². The van der Waals surface area contributed by atoms with Crippen molar-refractivity contribution in [1.82, 2.24) is 23.5 Å². The first-order valence-electron chi connectivity index (χ1n) is 12.4. The number of rotatable bonds is 8. The van der Waals surface area contributed by atoms with Gasteiger partial charge in [0.1, 0.15) is 36.3 Å². The first kappa shape index (κ1) is 27.4. The van der Waals surface area contributed by atoms with E-state index >= 15 is 0 Å². The summed E-state index contributed by atoms with van der Waals surface area (Å²) in [6.07, 6.45) is 0.421. The van der Waals surface area contributed by atoms with Gasteiger partial charge in [-0.3, -0.25) is 22.8 Å². The van der Waals surface area contributed by atoms with Crippen molar-refractivity contribution in [2.45, 2.75) is 49.4 Å². The minimum absolute atomic E-state index is 0.175. The maximum atomic E-state index is 13.3. The molecule has 4 aromatic heterocycles. The Morgan fingerprint density at radius 1 is 1.10 bits per heavy atom. The van der Waals surface area contributed by atoms with Crippen LogP contribution in [0.1, 0.15) is 18.9 Å². The highest BCUT2D eigenvalue weighted by molar-refractivity contribution is 8.44. The molecule has 0 radical (unpaired) electrons. The fourth-order valence-corrected chi connectivity index (χ4v) is 6.51. The Morgan fingerprint density at radius 2 is 1.90 bits per heavy atom. The smallest absolute Gasteiger partial charge is 0.386 e. The lowest BCUT2D eigenvalue weighted by molar-refractivity contribution is -0.0531. The van der Waals surface area contributed by atoms with Crippen LogP contribution in [0.4, 0.5) is 5.69 Å². The summed E-state index contributed by atoms with van der Waals surface area (Å²) in [4.78, 5) is 20.6. The number of aliphatic hydroxyl groups is 3. The number of aromatic nitrogens is 5. The maximum absolute atomic E-state index is 13.3. The molecule has 0 spiro atoms. The fraction of sp³-hybridized carbons (Fsp3) is 0.435. The lowest BCUT2D eigenvalue weighted by atomic mass is 10.1. The van der Waals surface area contributed by atoms with Crippen LogP contribution in [0.15, 0.2) is 54.0 Å². The second-order valence-corrected chi connectivity index (χ2v) is 12.4. The number of thiol groups is 1. The summed E-state index contributed by atoms with van der Waals surface area (Å²) in [7, 11) is 0. The number of pyridine rings is 1. The molecule has 0 amide bonds. The van der Waals surface area contributed by atoms with Crippen molar-refractivity contribution in [2.75, 3.05) is 18.9 Å². The van der Waals surface area contributed by atoms with Crippen molar-refractivity contribution in [1.29, 1.82) is 0 Å². The van der Waals surface area contributed by atoms with Crippen LogP contribution in [0.5, 0.6) is 0 Å². The molecule has 0 aliphatic carbocycles. The zero-order valence-corrected chi connectivity index (χ0v) is 22.6. The monoisotopic (exact) mass is 594 g/mol. The van der Waals surface area contributed by atoms with E-state index in [2.05, 4.69) is 22.2 Å². The summed E-state index contributed by atoms with van der Waals surface area (Å²) in [5.74, 6) is 0.175. The van der Waals surface area contributed by atoms with E-state index in [1.807, 2.05) is 0 Å². The van der Waals surface area contributed by atoms with Crippen LogP contribution in [0.2, 0.25) is 0 Å². The number of ether oxygens (including phenoxy) is 2. The second-order valence-electron chi connectivity index (χ2n) is 9.52. The summed E-state index contributed by atoms with van der Waals surface area (Å²) in [6.45, 7) is -5.09. The second kappa shape index (κ2) is 10.6. The molecule has 17 heteroatoms. The molecule has 2 aliphatic rings. The number of hydrogen-bond acceptors (Lipinski definition) is 12. The van der Waals surface area contributed by atoms with Gasteiger partial charge in [0, 0.05) is 54.5 Å². The molecule has 0 aromatic carbocycles. The molecule has 8 atom stereocenters. The van der Waals surface area contributed by atoms with Gasteiger partial charge in [0.15, 0.2) is 6.23 Å². The molecule has 6 rings (SSSR count). The lowest BCUT2D eigenvalue weighted by Crippen LogP contribution is -2.35. The van der Waals surface area contributed by atoms with Crippen molar-refractivity contribution in [3.63, 3.8) is 0 Å². The highest BCUT2D eigenvalue weighted by atomic mass is 32.7. The molecule has 6 heterocycles. The molecule has 214 valence electrons. The van der Waals surface area contributed by atoms with Crippen molar-refractivity contribution >= 4 is 41.5 Å². The number of hydrogen-bond donors (Lipinski definition) is 5. The third kappa shape index (κ3) is 4.85. The van der Waals surface area contributed by atoms with Crippen molar-refractivity contribution in [2.24, 2.45) is 0 Å². The Morgan fingerprint density at radius 3 is 2.70 bits per heavy atom. The Labute approximate surface area is 231 Å². The van der Waals surface area contributed by atoms with Crippen LogP contribution in [-0.2, 0) is 23.1 Å². The Balaban J connectivity index is 1.16. The van der Waals surface area contributed by atoms with Crippen molar-refractivity contribution in [3.8, 4) is 0 Å². The van der Waals surface area contributed by atoms with Crippen LogP contribution in [0.25, 0.3) is 16.8 Å². The number of nitrogens with two attached hydrogens (primary N) is 1. The van der Waals surface area contributed by atoms with E-state index in [9.17, 15) is 24.7 Å². The molecule has 2 fully saturated rings. The standard InChI is InChI=1S/C23H27N6O9PS/c24-13-1-4-25-21-12(13)2-6-28(21)18-9-14(31)16(36-18)11-35-39(34,40)38-20-19(33)15(10-30)37-22(20)29-7-3-17(32)27-8-5-26-23(27)29/h1-8,14-16,18-20,22,30-31,33H,9-11H2,(H2,24,25)(H,34,40)/t14-,15+,16+,18+,19+,20+,22+,39?/m0/s1. The Bertz CT molecular complexity index is 1640. The van der Waals surface area contributed by atoms with Gasteiger partial charge in [0.05, 0.1) is 19.3 Å². The minimum Gasteiger partial charge on any atom is -0.398 e. The highest BCUT2D eigenvalue weighted by Crippen LogP contribution is 2.57. The van der Waals surface area contributed by atoms with Gasteiger partial charge < -0.3 is 35.1 Å². The molecule has 40 heavy (non-hydrogen) atoms. The Kier molecular flexibility index (Phi) is 7.23. The van der Waals surface area contributed by atoms with Gasteiger partial charge in [0.2, 0.25) is 5.78 Å². The van der Waals surface area contributed by atoms with Crippen LogP contribution >= 0.6 is 19.0 Å². The average Bonchev–Trinajstić information content (AvgIpc) is 3.70. The van der Waals surface area contributed by atoms with Crippen LogP contribution in [0, 0.1) is 0 Å². The molecular formula is C23H27N6O9PS. The quantitative estimate of drug-likeness (QED) is 0.140. The highest BCUT2D eigenvalue weighted by Gasteiger charge is 2.49. The third-order valence-corrected chi connectivity index (χ3v) is 8.67. The predicted molar refractivity (Wildman–Crippen MR) is 143 cm³/mol. The molecule has 4 aromatic rings. The number of anilines is 1. The van der Waals surface area contributed by atoms with E-state index in [0.29, 0.717) is 11.3 Å². The predicted octanol–water partition coefficient (Wildman–Crippen LogP) is 0.467. The maximum Gasteiger partial charge on any atom is 0.386 e. The summed E-state index contributed by atoms with van der Waals surface area (Å²) >= 11 is 4.07. The first-order chi connectivity index (χ1) is 19.2. The van der Waals surface area contributed by atoms with Gasteiger partial charge in [-0.15, -0.1) is 0 Å². The van der Waals surface area contributed by atoms with E-state index in [-0.39, 0.29) is 24.4 Å². The number of nitrogen functional groups attached to an aromatic ring is 1. The summed E-state index contributed by atoms with van der Waals surface area (Å²) < 4.78 is 40.5. The molecule has 1 unspecified atom stereocenters. The Hall–Kier alpha value is -2.79. The van der Waals surface area contributed by atoms with Gasteiger partial charge in [-0.2, -0.15) is 0 Å². The van der Waals surface area contributed by atoms with Crippen LogP contribution in [-0.4, -0.2) is 82.6 Å². The number of nitrogens with zero attached hydrogens (tertiary/aromatic N) is 5. The van der Waals surface area contributed by atoms with E-state index in [1.165, 1.54) is 33.6 Å².